The van der Waals surface area contributed by atoms with Crippen molar-refractivity contribution in [2.45, 2.75) is 45.2 Å². The zero-order valence-corrected chi connectivity index (χ0v) is 9.58. The van der Waals surface area contributed by atoms with Crippen LogP contribution in [0.2, 0.25) is 0 Å². The zero-order valence-electron chi connectivity index (χ0n) is 9.58. The van der Waals surface area contributed by atoms with Gasteiger partial charge in [-0.05, 0) is 53.4 Å². The van der Waals surface area contributed by atoms with Crippen LogP contribution in [0.1, 0.15) is 33.1 Å². The summed E-state index contributed by atoms with van der Waals surface area (Å²) in [6.45, 7) is 7.20. The number of likely N-dealkylation sites (tertiary alicyclic amines) is 1. The predicted octanol–water partition coefficient (Wildman–Crippen LogP) is 1.81. The molecule has 0 aromatic carbocycles. The maximum absolute atomic E-state index is 2.62. The van der Waals surface area contributed by atoms with Gasteiger partial charge in [-0.1, -0.05) is 6.92 Å². The summed E-state index contributed by atoms with van der Waals surface area (Å²) in [7, 11) is 4.40. The molecule has 2 nitrogen and oxygen atoms in total. The SMILES string of the molecule is CC[C@@H](C)N1CCC(N(C)C)CC1. The average Bonchev–Trinajstić information content (AvgIpc) is 2.17. The first-order valence-corrected chi connectivity index (χ1v) is 5.55. The van der Waals surface area contributed by atoms with E-state index in [4.69, 9.17) is 0 Å². The highest BCUT2D eigenvalue weighted by molar-refractivity contribution is 4.79. The Labute approximate surface area is 82.9 Å². The van der Waals surface area contributed by atoms with Crippen LogP contribution >= 0.6 is 0 Å². The van der Waals surface area contributed by atoms with Crippen LogP contribution in [0.3, 0.4) is 0 Å². The van der Waals surface area contributed by atoms with Crippen molar-refractivity contribution in [2.24, 2.45) is 0 Å². The molecule has 0 aliphatic carbocycles. The van der Waals surface area contributed by atoms with Gasteiger partial charge in [0.05, 0.1) is 0 Å². The van der Waals surface area contributed by atoms with Crippen LogP contribution in [0.15, 0.2) is 0 Å². The summed E-state index contributed by atoms with van der Waals surface area (Å²) in [4.78, 5) is 4.99. The van der Waals surface area contributed by atoms with E-state index in [-0.39, 0.29) is 0 Å². The van der Waals surface area contributed by atoms with Gasteiger partial charge in [0.1, 0.15) is 0 Å². The molecule has 0 amide bonds. The fourth-order valence-electron chi connectivity index (χ4n) is 2.10. The minimum Gasteiger partial charge on any atom is -0.306 e. The molecule has 0 N–H and O–H groups in total. The van der Waals surface area contributed by atoms with Gasteiger partial charge in [0, 0.05) is 12.1 Å². The summed E-state index contributed by atoms with van der Waals surface area (Å²) in [6.07, 6.45) is 3.97. The molecule has 0 aromatic heterocycles. The Morgan fingerprint density at radius 2 is 1.85 bits per heavy atom. The Balaban J connectivity index is 2.30. The van der Waals surface area contributed by atoms with Crippen molar-refractivity contribution in [1.29, 1.82) is 0 Å². The molecule has 1 aliphatic heterocycles. The van der Waals surface area contributed by atoms with Crippen LogP contribution in [-0.4, -0.2) is 49.1 Å². The lowest BCUT2D eigenvalue weighted by Gasteiger charge is -2.38. The van der Waals surface area contributed by atoms with Crippen LogP contribution in [0, 0.1) is 0 Å². The van der Waals surface area contributed by atoms with Crippen LogP contribution in [0.4, 0.5) is 0 Å². The van der Waals surface area contributed by atoms with E-state index in [0.29, 0.717) is 0 Å². The Hall–Kier alpha value is -0.0800. The molecule has 1 aliphatic rings. The van der Waals surface area contributed by atoms with Crippen molar-refractivity contribution >= 4 is 0 Å². The van der Waals surface area contributed by atoms with Crippen molar-refractivity contribution in [3.05, 3.63) is 0 Å². The van der Waals surface area contributed by atoms with Crippen LogP contribution in [0.25, 0.3) is 0 Å². The second-order valence-corrected chi connectivity index (χ2v) is 4.49. The molecule has 0 saturated carbocycles. The van der Waals surface area contributed by atoms with E-state index in [1.54, 1.807) is 0 Å². The Bertz CT molecular complexity index is 137. The third-order valence-corrected chi connectivity index (χ3v) is 3.44. The maximum Gasteiger partial charge on any atom is 0.0113 e. The molecular formula is C11H24N2. The van der Waals surface area contributed by atoms with Crippen molar-refractivity contribution < 1.29 is 0 Å². The second-order valence-electron chi connectivity index (χ2n) is 4.49. The topological polar surface area (TPSA) is 6.48 Å². The van der Waals surface area contributed by atoms with Gasteiger partial charge in [-0.15, -0.1) is 0 Å². The molecular weight excluding hydrogens is 160 g/mol. The smallest absolute Gasteiger partial charge is 0.0113 e. The molecule has 0 radical (unpaired) electrons. The van der Waals surface area contributed by atoms with E-state index in [0.717, 1.165) is 12.1 Å². The average molecular weight is 184 g/mol. The lowest BCUT2D eigenvalue weighted by molar-refractivity contribution is 0.113. The summed E-state index contributed by atoms with van der Waals surface area (Å²) in [5.74, 6) is 0. The Morgan fingerprint density at radius 3 is 2.23 bits per heavy atom. The molecule has 0 unspecified atom stereocenters. The third kappa shape index (κ3) is 2.96. The number of piperidine rings is 1. The van der Waals surface area contributed by atoms with E-state index in [9.17, 15) is 0 Å². The fourth-order valence-corrected chi connectivity index (χ4v) is 2.10. The van der Waals surface area contributed by atoms with Gasteiger partial charge in [0.15, 0.2) is 0 Å². The molecule has 1 atom stereocenters. The van der Waals surface area contributed by atoms with Crippen molar-refractivity contribution in [3.8, 4) is 0 Å². The first kappa shape index (κ1) is 11.0. The second kappa shape index (κ2) is 4.97. The number of nitrogens with zero attached hydrogens (tertiary/aromatic N) is 2. The Kier molecular flexibility index (Phi) is 4.20. The van der Waals surface area contributed by atoms with Crippen molar-refractivity contribution in [2.75, 3.05) is 27.2 Å². The molecule has 1 saturated heterocycles. The quantitative estimate of drug-likeness (QED) is 0.660. The van der Waals surface area contributed by atoms with Gasteiger partial charge in [-0.3, -0.25) is 0 Å². The van der Waals surface area contributed by atoms with Crippen molar-refractivity contribution in [3.63, 3.8) is 0 Å². The summed E-state index contributed by atoms with van der Waals surface area (Å²) < 4.78 is 0. The minimum atomic E-state index is 0.781. The number of rotatable bonds is 3. The Morgan fingerprint density at radius 1 is 1.31 bits per heavy atom. The van der Waals surface area contributed by atoms with Gasteiger partial charge in [-0.2, -0.15) is 0 Å². The van der Waals surface area contributed by atoms with E-state index in [1.807, 2.05) is 0 Å². The molecule has 0 aromatic rings. The van der Waals surface area contributed by atoms with Gasteiger partial charge in [0.25, 0.3) is 0 Å². The van der Waals surface area contributed by atoms with Crippen molar-refractivity contribution in [1.82, 2.24) is 9.80 Å². The highest BCUT2D eigenvalue weighted by Crippen LogP contribution is 2.17. The molecule has 1 fully saturated rings. The summed E-state index contributed by atoms with van der Waals surface area (Å²) in [5.41, 5.74) is 0. The first-order valence-electron chi connectivity index (χ1n) is 5.55. The number of hydrogen-bond donors (Lipinski definition) is 0. The van der Waals surface area contributed by atoms with E-state index < -0.39 is 0 Å². The molecule has 0 spiro atoms. The standard InChI is InChI=1S/C11H24N2/c1-5-10(2)13-8-6-11(7-9-13)12(3)4/h10-11H,5-9H2,1-4H3/t10-/m1/s1. The highest BCUT2D eigenvalue weighted by atomic mass is 15.2. The van der Waals surface area contributed by atoms with E-state index in [2.05, 4.69) is 37.7 Å². The van der Waals surface area contributed by atoms with Crippen LogP contribution < -0.4 is 0 Å². The minimum absolute atomic E-state index is 0.781. The summed E-state index contributed by atoms with van der Waals surface area (Å²) in [6, 6.07) is 1.60. The predicted molar refractivity (Wildman–Crippen MR) is 58.0 cm³/mol. The van der Waals surface area contributed by atoms with Gasteiger partial charge in [-0.25, -0.2) is 0 Å². The monoisotopic (exact) mass is 184 g/mol. The summed E-state index contributed by atoms with van der Waals surface area (Å²) >= 11 is 0. The molecule has 13 heavy (non-hydrogen) atoms. The molecule has 1 rings (SSSR count). The largest absolute Gasteiger partial charge is 0.306 e. The van der Waals surface area contributed by atoms with Crippen LogP contribution in [-0.2, 0) is 0 Å². The van der Waals surface area contributed by atoms with Gasteiger partial charge < -0.3 is 9.80 Å². The highest BCUT2D eigenvalue weighted by Gasteiger charge is 2.22. The molecule has 2 heteroatoms. The number of hydrogen-bond acceptors (Lipinski definition) is 2. The van der Waals surface area contributed by atoms with E-state index in [1.165, 1.54) is 32.4 Å². The molecule has 1 heterocycles. The molecule has 78 valence electrons. The normalized spacial score (nSPS) is 23.8. The summed E-state index contributed by atoms with van der Waals surface area (Å²) in [5, 5.41) is 0. The lowest BCUT2D eigenvalue weighted by Crippen LogP contribution is -2.45. The van der Waals surface area contributed by atoms with Crippen LogP contribution in [0.5, 0.6) is 0 Å². The third-order valence-electron chi connectivity index (χ3n) is 3.44. The van der Waals surface area contributed by atoms with E-state index >= 15 is 0 Å². The molecule has 0 bridgehead atoms. The van der Waals surface area contributed by atoms with Gasteiger partial charge >= 0.3 is 0 Å². The first-order chi connectivity index (χ1) is 6.15. The maximum atomic E-state index is 2.62. The zero-order chi connectivity index (χ0) is 9.84. The van der Waals surface area contributed by atoms with Gasteiger partial charge in [0.2, 0.25) is 0 Å². The lowest BCUT2D eigenvalue weighted by atomic mass is 10.0. The fraction of sp³-hybridized carbons (Fsp3) is 1.00.